The van der Waals surface area contributed by atoms with Gasteiger partial charge in [0.05, 0.1) is 21.3 Å². The summed E-state index contributed by atoms with van der Waals surface area (Å²) in [5, 5.41) is 10.3. The molecular weight excluding hydrogens is 558 g/mol. The number of nitrogens with zero attached hydrogens (tertiary/aromatic N) is 3. The summed E-state index contributed by atoms with van der Waals surface area (Å²) in [6.45, 7) is 6.69. The van der Waals surface area contributed by atoms with Gasteiger partial charge in [0, 0.05) is 42.9 Å². The molecule has 2 saturated heterocycles. The number of hydrogen-bond acceptors (Lipinski definition) is 9. The zero-order valence-electron chi connectivity index (χ0n) is 21.8. The van der Waals surface area contributed by atoms with Crippen molar-refractivity contribution in [1.29, 1.82) is 0 Å². The standard InChI is InChI=1S/C25H29F4N5O3S2/c1-12(2)34-9-8-15(14(26)11-34)30-16-7-5-6-13-18(16)38-20(19(13)39-25(27,28)29)21-32-22(37-33-21)17-10-24(3,36-4)23(35)31-17/h5-7,12,14-15,17,30H,8-11H2,1-4H3,(H,31,35)/t14-,15+,17+,24-/m0/s1. The average molecular weight is 588 g/mol. The van der Waals surface area contributed by atoms with Crippen molar-refractivity contribution in [2.75, 3.05) is 25.5 Å². The van der Waals surface area contributed by atoms with Crippen molar-refractivity contribution >= 4 is 44.8 Å². The first-order valence-corrected chi connectivity index (χ1v) is 14.2. The Morgan fingerprint density at radius 2 is 2.13 bits per heavy atom. The van der Waals surface area contributed by atoms with Crippen LogP contribution in [0.25, 0.3) is 20.8 Å². The lowest BCUT2D eigenvalue weighted by molar-refractivity contribution is -0.136. The average Bonchev–Trinajstić information content (AvgIpc) is 3.56. The molecule has 8 nitrogen and oxygen atoms in total. The van der Waals surface area contributed by atoms with Crippen LogP contribution < -0.4 is 10.6 Å². The number of nitrogens with one attached hydrogen (secondary N) is 2. The van der Waals surface area contributed by atoms with Crippen molar-refractivity contribution < 1.29 is 31.6 Å². The summed E-state index contributed by atoms with van der Waals surface area (Å²) in [5.74, 6) is -0.279. The first-order valence-electron chi connectivity index (χ1n) is 12.5. The molecule has 3 aromatic rings. The molecular formula is C25H29F4N5O3S2. The number of benzene rings is 1. The number of rotatable bonds is 7. The summed E-state index contributed by atoms with van der Waals surface area (Å²) < 4.78 is 67.3. The molecule has 4 atom stereocenters. The number of halogens is 4. The van der Waals surface area contributed by atoms with Gasteiger partial charge in [-0.1, -0.05) is 17.3 Å². The number of methoxy groups -OCH3 is 1. The highest BCUT2D eigenvalue weighted by atomic mass is 32.2. The zero-order valence-corrected chi connectivity index (χ0v) is 23.4. The van der Waals surface area contributed by atoms with E-state index >= 15 is 4.39 Å². The minimum Gasteiger partial charge on any atom is -0.378 e. The van der Waals surface area contributed by atoms with Gasteiger partial charge < -0.3 is 19.9 Å². The summed E-state index contributed by atoms with van der Waals surface area (Å²) in [5.41, 5.74) is -5.08. The van der Waals surface area contributed by atoms with Crippen LogP contribution in [0, 0.1) is 0 Å². The Hall–Kier alpha value is -2.42. The van der Waals surface area contributed by atoms with Gasteiger partial charge in [0.25, 0.3) is 5.91 Å². The lowest BCUT2D eigenvalue weighted by atomic mass is 10.0. The molecule has 1 aromatic carbocycles. The van der Waals surface area contributed by atoms with Gasteiger partial charge in [-0.2, -0.15) is 18.2 Å². The van der Waals surface area contributed by atoms with E-state index in [0.717, 1.165) is 17.9 Å². The molecule has 2 aliphatic rings. The van der Waals surface area contributed by atoms with Crippen LogP contribution in [0.15, 0.2) is 27.6 Å². The first kappa shape index (κ1) is 28.1. The van der Waals surface area contributed by atoms with Crippen LogP contribution in [-0.2, 0) is 9.53 Å². The molecule has 5 rings (SSSR count). The van der Waals surface area contributed by atoms with Crippen molar-refractivity contribution in [2.45, 2.75) is 73.9 Å². The summed E-state index contributed by atoms with van der Waals surface area (Å²) in [4.78, 5) is 18.9. The number of thiophene rings is 1. The third-order valence-corrected chi connectivity index (χ3v) is 9.53. The van der Waals surface area contributed by atoms with Crippen molar-refractivity contribution in [3.63, 3.8) is 0 Å². The van der Waals surface area contributed by atoms with E-state index in [9.17, 15) is 18.0 Å². The number of thioether (sulfide) groups is 1. The fourth-order valence-electron chi connectivity index (χ4n) is 4.97. The number of carbonyl (C=O) groups is 1. The largest absolute Gasteiger partial charge is 0.446 e. The SMILES string of the molecule is CO[C@@]1(C)C[C@H](c2nc(-c3sc4c(N[C@@H]5CCN(C(C)C)C[C@@H]5F)cccc4c3SC(F)(F)F)no2)NC1=O. The second-order valence-corrected chi connectivity index (χ2v) is 12.4. The van der Waals surface area contributed by atoms with Crippen LogP contribution in [0.2, 0.25) is 0 Å². The van der Waals surface area contributed by atoms with Gasteiger partial charge in [-0.15, -0.1) is 11.3 Å². The van der Waals surface area contributed by atoms with Crippen LogP contribution in [0.1, 0.15) is 45.5 Å². The van der Waals surface area contributed by atoms with E-state index < -0.39 is 29.4 Å². The number of aromatic nitrogens is 2. The number of fused-ring (bicyclic) bond motifs is 1. The van der Waals surface area contributed by atoms with Gasteiger partial charge in [-0.3, -0.25) is 9.69 Å². The third-order valence-electron chi connectivity index (χ3n) is 7.30. The zero-order chi connectivity index (χ0) is 28.1. The molecule has 0 radical (unpaired) electrons. The monoisotopic (exact) mass is 587 g/mol. The molecule has 212 valence electrons. The molecule has 2 fully saturated rings. The number of carbonyl (C=O) groups excluding carboxylic acids is 1. The molecule has 4 heterocycles. The number of piperidine rings is 1. The molecule has 0 saturated carbocycles. The Morgan fingerprint density at radius 3 is 2.77 bits per heavy atom. The smallest absolute Gasteiger partial charge is 0.378 e. The Morgan fingerprint density at radius 1 is 1.36 bits per heavy atom. The second-order valence-electron chi connectivity index (χ2n) is 10.3. The van der Waals surface area contributed by atoms with Crippen LogP contribution in [0.4, 0.5) is 23.2 Å². The van der Waals surface area contributed by atoms with Crippen LogP contribution in [0.3, 0.4) is 0 Å². The van der Waals surface area contributed by atoms with E-state index in [1.165, 1.54) is 7.11 Å². The van der Waals surface area contributed by atoms with Crippen LogP contribution >= 0.6 is 23.1 Å². The van der Waals surface area contributed by atoms with Crippen molar-refractivity contribution in [1.82, 2.24) is 20.4 Å². The van der Waals surface area contributed by atoms with E-state index in [4.69, 9.17) is 9.26 Å². The molecule has 1 amide bonds. The maximum atomic E-state index is 15.0. The number of amides is 1. The maximum absolute atomic E-state index is 15.0. The van der Waals surface area contributed by atoms with E-state index in [1.807, 2.05) is 13.8 Å². The molecule has 2 aromatic heterocycles. The maximum Gasteiger partial charge on any atom is 0.446 e. The third kappa shape index (κ3) is 5.61. The van der Waals surface area contributed by atoms with E-state index in [0.29, 0.717) is 28.7 Å². The number of ether oxygens (including phenoxy) is 1. The lowest BCUT2D eigenvalue weighted by Gasteiger charge is -2.37. The highest BCUT2D eigenvalue weighted by Gasteiger charge is 2.46. The molecule has 0 unspecified atom stereocenters. The highest BCUT2D eigenvalue weighted by molar-refractivity contribution is 8.00. The van der Waals surface area contributed by atoms with Gasteiger partial charge in [0.1, 0.15) is 17.8 Å². The topological polar surface area (TPSA) is 92.5 Å². The molecule has 39 heavy (non-hydrogen) atoms. The second kappa shape index (κ2) is 10.5. The Labute approximate surface area is 230 Å². The highest BCUT2D eigenvalue weighted by Crippen LogP contribution is 2.51. The minimum atomic E-state index is -4.56. The van der Waals surface area contributed by atoms with Gasteiger partial charge in [-0.05, 0) is 45.0 Å². The first-order chi connectivity index (χ1) is 18.4. The summed E-state index contributed by atoms with van der Waals surface area (Å²) in [6, 6.07) is 4.13. The number of anilines is 1. The van der Waals surface area contributed by atoms with E-state index in [2.05, 4.69) is 25.7 Å². The van der Waals surface area contributed by atoms with E-state index in [-0.39, 0.29) is 51.6 Å². The molecule has 0 aliphatic carbocycles. The Bertz CT molecular complexity index is 1360. The molecule has 2 aliphatic heterocycles. The molecule has 0 spiro atoms. The van der Waals surface area contributed by atoms with Gasteiger partial charge in [-0.25, -0.2) is 4.39 Å². The Kier molecular flexibility index (Phi) is 7.59. The summed E-state index contributed by atoms with van der Waals surface area (Å²) >= 11 is 0.840. The number of hydrogen-bond donors (Lipinski definition) is 2. The van der Waals surface area contributed by atoms with Gasteiger partial charge in [0.15, 0.2) is 0 Å². The Balaban J connectivity index is 1.49. The quantitative estimate of drug-likeness (QED) is 0.266. The fraction of sp³-hybridized carbons (Fsp3) is 0.560. The molecule has 0 bridgehead atoms. The predicted molar refractivity (Wildman–Crippen MR) is 142 cm³/mol. The predicted octanol–water partition coefficient (Wildman–Crippen LogP) is 5.76. The van der Waals surface area contributed by atoms with Crippen molar-refractivity contribution in [3.8, 4) is 10.7 Å². The van der Waals surface area contributed by atoms with Gasteiger partial charge >= 0.3 is 5.51 Å². The lowest BCUT2D eigenvalue weighted by Crippen LogP contribution is -2.50. The number of likely N-dealkylation sites (tertiary alicyclic amines) is 1. The van der Waals surface area contributed by atoms with Gasteiger partial charge in [0.2, 0.25) is 11.7 Å². The van der Waals surface area contributed by atoms with Crippen molar-refractivity contribution in [3.05, 3.63) is 24.1 Å². The van der Waals surface area contributed by atoms with Crippen LogP contribution in [0.5, 0.6) is 0 Å². The summed E-state index contributed by atoms with van der Waals surface area (Å²) in [6.07, 6.45) is -0.326. The normalized spacial score (nSPS) is 26.5. The molecule has 2 N–H and O–H groups in total. The number of alkyl halides is 4. The summed E-state index contributed by atoms with van der Waals surface area (Å²) in [7, 11) is 1.42. The fourth-order valence-corrected chi connectivity index (χ4v) is 7.08. The van der Waals surface area contributed by atoms with E-state index in [1.54, 1.807) is 25.1 Å². The minimum absolute atomic E-state index is 0.0159. The van der Waals surface area contributed by atoms with Crippen molar-refractivity contribution in [2.24, 2.45) is 0 Å². The molecule has 14 heteroatoms. The van der Waals surface area contributed by atoms with Crippen LogP contribution in [-0.4, -0.2) is 70.5 Å².